The van der Waals surface area contributed by atoms with Crippen molar-refractivity contribution in [2.75, 3.05) is 0 Å². The van der Waals surface area contributed by atoms with Crippen LogP contribution in [0.4, 0.5) is 8.78 Å². The summed E-state index contributed by atoms with van der Waals surface area (Å²) in [5.74, 6) is -2.62. The first-order valence-electron chi connectivity index (χ1n) is 4.72. The summed E-state index contributed by atoms with van der Waals surface area (Å²) < 4.78 is 26.2. The second-order valence-electron chi connectivity index (χ2n) is 3.36. The summed E-state index contributed by atoms with van der Waals surface area (Å²) in [5, 5.41) is 8.75. The molecule has 0 aliphatic heterocycles. The van der Waals surface area contributed by atoms with Gasteiger partial charge in [-0.3, -0.25) is 0 Å². The molecule has 1 N–H and O–H groups in total. The Morgan fingerprint density at radius 3 is 2.59 bits per heavy atom. The van der Waals surface area contributed by atoms with Crippen LogP contribution in [0, 0.1) is 11.6 Å². The number of aromatic nitrogens is 1. The number of aromatic carboxylic acids is 1. The Labute approximate surface area is 95.4 Å². The highest BCUT2D eigenvalue weighted by Crippen LogP contribution is 2.23. The zero-order valence-corrected chi connectivity index (χ0v) is 8.52. The normalized spacial score (nSPS) is 10.2. The second kappa shape index (κ2) is 4.29. The van der Waals surface area contributed by atoms with E-state index >= 15 is 0 Å². The molecule has 5 heteroatoms. The van der Waals surface area contributed by atoms with Crippen molar-refractivity contribution in [2.24, 2.45) is 0 Å². The van der Waals surface area contributed by atoms with Gasteiger partial charge in [0, 0.05) is 17.8 Å². The van der Waals surface area contributed by atoms with Crippen molar-refractivity contribution in [3.8, 4) is 11.1 Å². The molecule has 0 unspecified atom stereocenters. The van der Waals surface area contributed by atoms with Crippen LogP contribution < -0.4 is 0 Å². The van der Waals surface area contributed by atoms with Gasteiger partial charge in [0.15, 0.2) is 0 Å². The molecule has 17 heavy (non-hydrogen) atoms. The lowest BCUT2D eigenvalue weighted by Crippen LogP contribution is -2.00. The predicted molar refractivity (Wildman–Crippen MR) is 56.5 cm³/mol. The van der Waals surface area contributed by atoms with Crippen molar-refractivity contribution < 1.29 is 18.7 Å². The maximum Gasteiger partial charge on any atom is 0.354 e. The number of carboxylic acids is 1. The van der Waals surface area contributed by atoms with Crippen molar-refractivity contribution in [1.82, 2.24) is 4.98 Å². The summed E-state index contributed by atoms with van der Waals surface area (Å²) >= 11 is 0. The molecule has 86 valence electrons. The first kappa shape index (κ1) is 11.2. The van der Waals surface area contributed by atoms with Gasteiger partial charge in [0.1, 0.15) is 17.3 Å². The van der Waals surface area contributed by atoms with Gasteiger partial charge in [-0.1, -0.05) is 0 Å². The highest BCUT2D eigenvalue weighted by atomic mass is 19.1. The van der Waals surface area contributed by atoms with Gasteiger partial charge in [0.05, 0.1) is 0 Å². The van der Waals surface area contributed by atoms with E-state index in [9.17, 15) is 13.6 Å². The van der Waals surface area contributed by atoms with E-state index in [1.807, 2.05) is 0 Å². The Bertz CT molecular complexity index is 584. The fraction of sp³-hybridized carbons (Fsp3) is 0. The van der Waals surface area contributed by atoms with Gasteiger partial charge in [0.2, 0.25) is 0 Å². The Kier molecular flexibility index (Phi) is 2.82. The Morgan fingerprint density at radius 1 is 1.18 bits per heavy atom. The highest BCUT2D eigenvalue weighted by molar-refractivity contribution is 5.87. The smallest absolute Gasteiger partial charge is 0.354 e. The molecule has 0 atom stereocenters. The fourth-order valence-corrected chi connectivity index (χ4v) is 1.44. The van der Waals surface area contributed by atoms with E-state index in [0.717, 1.165) is 12.1 Å². The lowest BCUT2D eigenvalue weighted by Gasteiger charge is -2.04. The molecule has 0 aliphatic rings. The van der Waals surface area contributed by atoms with Crippen LogP contribution in [-0.4, -0.2) is 16.1 Å². The van der Waals surface area contributed by atoms with Gasteiger partial charge < -0.3 is 5.11 Å². The number of carboxylic acid groups (broad SMARTS) is 1. The Hall–Kier alpha value is -2.30. The monoisotopic (exact) mass is 235 g/mol. The summed E-state index contributed by atoms with van der Waals surface area (Å²) in [7, 11) is 0. The molecule has 1 aromatic heterocycles. The van der Waals surface area contributed by atoms with E-state index in [4.69, 9.17) is 5.11 Å². The van der Waals surface area contributed by atoms with Crippen LogP contribution in [-0.2, 0) is 0 Å². The van der Waals surface area contributed by atoms with E-state index in [2.05, 4.69) is 4.98 Å². The van der Waals surface area contributed by atoms with E-state index in [0.29, 0.717) is 5.56 Å². The minimum absolute atomic E-state index is 0.135. The number of carbonyl (C=O) groups is 1. The van der Waals surface area contributed by atoms with Crippen molar-refractivity contribution >= 4 is 5.97 Å². The zero-order valence-electron chi connectivity index (χ0n) is 8.52. The summed E-state index contributed by atoms with van der Waals surface area (Å²) in [6, 6.07) is 5.81. The molecule has 0 radical (unpaired) electrons. The molecule has 0 spiro atoms. The zero-order chi connectivity index (χ0) is 12.4. The molecule has 0 saturated heterocycles. The maximum atomic E-state index is 13.5. The average molecular weight is 235 g/mol. The summed E-state index contributed by atoms with van der Waals surface area (Å²) in [6.07, 6.45) is 1.27. The first-order chi connectivity index (χ1) is 8.08. The predicted octanol–water partition coefficient (Wildman–Crippen LogP) is 2.73. The van der Waals surface area contributed by atoms with Gasteiger partial charge in [0.25, 0.3) is 0 Å². The number of hydrogen-bond donors (Lipinski definition) is 1. The maximum absolute atomic E-state index is 13.5. The third kappa shape index (κ3) is 2.28. The molecule has 0 amide bonds. The van der Waals surface area contributed by atoms with Crippen molar-refractivity contribution in [2.45, 2.75) is 0 Å². The molecular formula is C12H7F2NO2. The first-order valence-corrected chi connectivity index (χ1v) is 4.72. The minimum Gasteiger partial charge on any atom is -0.477 e. The molecular weight excluding hydrogens is 228 g/mol. The van der Waals surface area contributed by atoms with Gasteiger partial charge in [-0.2, -0.15) is 0 Å². The van der Waals surface area contributed by atoms with E-state index < -0.39 is 17.6 Å². The standard InChI is InChI=1S/C12H7F2NO2/c13-8-1-2-9(10(14)6-8)7-3-4-15-11(5-7)12(16)17/h1-6H,(H,16,17). The van der Waals surface area contributed by atoms with Crippen molar-refractivity contribution in [1.29, 1.82) is 0 Å². The fourth-order valence-electron chi connectivity index (χ4n) is 1.44. The molecule has 1 heterocycles. The molecule has 2 aromatic rings. The molecule has 0 bridgehead atoms. The van der Waals surface area contributed by atoms with Crippen LogP contribution in [0.5, 0.6) is 0 Å². The second-order valence-corrected chi connectivity index (χ2v) is 3.36. The number of rotatable bonds is 2. The molecule has 2 rings (SSSR count). The van der Waals surface area contributed by atoms with Crippen molar-refractivity contribution in [3.05, 3.63) is 53.9 Å². The van der Waals surface area contributed by atoms with Crippen LogP contribution in [0.3, 0.4) is 0 Å². The Balaban J connectivity index is 2.53. The highest BCUT2D eigenvalue weighted by Gasteiger charge is 2.10. The van der Waals surface area contributed by atoms with Crippen molar-refractivity contribution in [3.63, 3.8) is 0 Å². The third-order valence-corrected chi connectivity index (χ3v) is 2.22. The lowest BCUT2D eigenvalue weighted by molar-refractivity contribution is 0.0690. The van der Waals surface area contributed by atoms with Crippen LogP contribution in [0.15, 0.2) is 36.5 Å². The molecule has 3 nitrogen and oxygen atoms in total. The summed E-state index contributed by atoms with van der Waals surface area (Å²) in [6.45, 7) is 0. The molecule has 1 aromatic carbocycles. The van der Waals surface area contributed by atoms with E-state index in [1.54, 1.807) is 0 Å². The minimum atomic E-state index is -1.20. The van der Waals surface area contributed by atoms with Crippen LogP contribution in [0.25, 0.3) is 11.1 Å². The lowest BCUT2D eigenvalue weighted by atomic mass is 10.1. The van der Waals surface area contributed by atoms with Gasteiger partial charge in [-0.05, 0) is 29.8 Å². The molecule has 0 aliphatic carbocycles. The summed E-state index contributed by atoms with van der Waals surface area (Å²) in [5.41, 5.74) is 0.289. The van der Waals surface area contributed by atoms with E-state index in [1.165, 1.54) is 24.4 Å². The molecule has 0 saturated carbocycles. The number of pyridine rings is 1. The van der Waals surface area contributed by atoms with Crippen LogP contribution >= 0.6 is 0 Å². The van der Waals surface area contributed by atoms with Crippen LogP contribution in [0.1, 0.15) is 10.5 Å². The quantitative estimate of drug-likeness (QED) is 0.870. The number of nitrogens with zero attached hydrogens (tertiary/aromatic N) is 1. The van der Waals surface area contributed by atoms with Gasteiger partial charge in [-0.25, -0.2) is 18.6 Å². The Morgan fingerprint density at radius 2 is 1.94 bits per heavy atom. The van der Waals surface area contributed by atoms with E-state index in [-0.39, 0.29) is 11.3 Å². The molecule has 0 fully saturated rings. The SMILES string of the molecule is O=C(O)c1cc(-c2ccc(F)cc2F)ccn1. The van der Waals surface area contributed by atoms with Gasteiger partial charge >= 0.3 is 5.97 Å². The number of hydrogen-bond acceptors (Lipinski definition) is 2. The average Bonchev–Trinajstić information content (AvgIpc) is 2.29. The van der Waals surface area contributed by atoms with Gasteiger partial charge in [-0.15, -0.1) is 0 Å². The largest absolute Gasteiger partial charge is 0.477 e. The number of halogens is 2. The van der Waals surface area contributed by atoms with Crippen LogP contribution in [0.2, 0.25) is 0 Å². The topological polar surface area (TPSA) is 50.2 Å². The summed E-state index contributed by atoms with van der Waals surface area (Å²) in [4.78, 5) is 14.3. The number of benzene rings is 1. The third-order valence-electron chi connectivity index (χ3n) is 2.22.